The third kappa shape index (κ3) is 3.43. The summed E-state index contributed by atoms with van der Waals surface area (Å²) >= 11 is 0. The lowest BCUT2D eigenvalue weighted by Gasteiger charge is -2.07. The van der Waals surface area contributed by atoms with E-state index >= 15 is 0 Å². The summed E-state index contributed by atoms with van der Waals surface area (Å²) in [6.07, 6.45) is 0. The van der Waals surface area contributed by atoms with Crippen molar-refractivity contribution in [1.29, 1.82) is 0 Å². The third-order valence-corrected chi connectivity index (χ3v) is 2.57. The number of benzene rings is 1. The number of hydrogen-bond donors (Lipinski definition) is 2. The molecular weight excluding hydrogens is 303 g/mol. The van der Waals surface area contributed by atoms with Crippen LogP contribution in [0.2, 0.25) is 0 Å². The Balaban J connectivity index is 1.94. The van der Waals surface area contributed by atoms with E-state index in [9.17, 15) is 22.8 Å². The van der Waals surface area contributed by atoms with Gasteiger partial charge in [0, 0.05) is 6.07 Å². The second-order valence-electron chi connectivity index (χ2n) is 4.29. The Kier molecular flexibility index (Phi) is 4.44. The highest BCUT2D eigenvalue weighted by atomic mass is 19.2. The van der Waals surface area contributed by atoms with Crippen LogP contribution < -0.4 is 10.6 Å². The van der Waals surface area contributed by atoms with Gasteiger partial charge in [-0.2, -0.15) is 0 Å². The molecule has 22 heavy (non-hydrogen) atoms. The Labute approximate surface area is 122 Å². The average Bonchev–Trinajstić information content (AvgIpc) is 2.92. The summed E-state index contributed by atoms with van der Waals surface area (Å²) in [5.41, 5.74) is -0.0490. The summed E-state index contributed by atoms with van der Waals surface area (Å²) < 4.78 is 43.8. The molecular formula is C13H10F3N3O3. The molecule has 1 aromatic heterocycles. The van der Waals surface area contributed by atoms with E-state index in [1.807, 2.05) is 5.32 Å². The number of carbonyl (C=O) groups excluding carboxylic acids is 2. The predicted molar refractivity (Wildman–Crippen MR) is 68.5 cm³/mol. The Hall–Kier alpha value is -2.84. The van der Waals surface area contributed by atoms with Crippen LogP contribution in [-0.2, 0) is 4.79 Å². The third-order valence-electron chi connectivity index (χ3n) is 2.57. The van der Waals surface area contributed by atoms with Crippen molar-refractivity contribution < 1.29 is 27.3 Å². The van der Waals surface area contributed by atoms with Gasteiger partial charge in [0.25, 0.3) is 5.91 Å². The molecule has 6 nitrogen and oxygen atoms in total. The number of aryl methyl sites for hydroxylation is 1. The maximum atomic E-state index is 13.3. The molecule has 1 heterocycles. The number of nitrogens with one attached hydrogen (secondary N) is 2. The van der Waals surface area contributed by atoms with E-state index in [1.165, 1.54) is 6.07 Å². The molecule has 2 rings (SSSR count). The molecule has 2 aromatic rings. The van der Waals surface area contributed by atoms with Crippen molar-refractivity contribution in [1.82, 2.24) is 10.5 Å². The first kappa shape index (κ1) is 15.5. The largest absolute Gasteiger partial charge is 0.351 e. The van der Waals surface area contributed by atoms with Gasteiger partial charge in [-0.05, 0) is 19.1 Å². The number of hydrogen-bond acceptors (Lipinski definition) is 4. The predicted octanol–water partition coefficient (Wildman–Crippen LogP) is 1.77. The number of amides is 2. The van der Waals surface area contributed by atoms with Crippen molar-refractivity contribution in [3.05, 3.63) is 47.1 Å². The monoisotopic (exact) mass is 313 g/mol. The number of halogens is 3. The molecule has 9 heteroatoms. The minimum Gasteiger partial charge on any atom is -0.351 e. The van der Waals surface area contributed by atoms with E-state index in [0.29, 0.717) is 11.8 Å². The highest BCUT2D eigenvalue weighted by molar-refractivity contribution is 5.98. The lowest BCUT2D eigenvalue weighted by atomic mass is 10.2. The van der Waals surface area contributed by atoms with Gasteiger partial charge in [-0.3, -0.25) is 9.59 Å². The zero-order chi connectivity index (χ0) is 16.3. The van der Waals surface area contributed by atoms with Crippen LogP contribution in [0.5, 0.6) is 0 Å². The van der Waals surface area contributed by atoms with Gasteiger partial charge in [-0.15, -0.1) is 0 Å². The van der Waals surface area contributed by atoms with Gasteiger partial charge < -0.3 is 15.2 Å². The van der Waals surface area contributed by atoms with Crippen molar-refractivity contribution in [3.63, 3.8) is 0 Å². The SMILES string of the molecule is Cc1cc(C(=O)NCC(=O)Nc2ccc(F)c(F)c2F)on1. The molecule has 0 fully saturated rings. The first-order chi connectivity index (χ1) is 10.4. The fraction of sp³-hybridized carbons (Fsp3) is 0.154. The van der Waals surface area contributed by atoms with Crippen LogP contribution in [-0.4, -0.2) is 23.5 Å². The summed E-state index contributed by atoms with van der Waals surface area (Å²) in [7, 11) is 0. The molecule has 0 radical (unpaired) electrons. The number of anilines is 1. The van der Waals surface area contributed by atoms with E-state index < -0.39 is 41.5 Å². The number of nitrogens with zero attached hydrogens (tertiary/aromatic N) is 1. The van der Waals surface area contributed by atoms with Crippen LogP contribution in [0.1, 0.15) is 16.2 Å². The fourth-order valence-electron chi connectivity index (χ4n) is 1.54. The summed E-state index contributed by atoms with van der Waals surface area (Å²) in [5, 5.41) is 7.71. The smallest absolute Gasteiger partial charge is 0.290 e. The van der Waals surface area contributed by atoms with Gasteiger partial charge in [0.2, 0.25) is 11.7 Å². The maximum Gasteiger partial charge on any atom is 0.290 e. The average molecular weight is 313 g/mol. The summed E-state index contributed by atoms with van der Waals surface area (Å²) in [6, 6.07) is 2.90. The molecule has 0 aliphatic carbocycles. The van der Waals surface area contributed by atoms with Crippen LogP contribution >= 0.6 is 0 Å². The van der Waals surface area contributed by atoms with Crippen LogP contribution in [0.3, 0.4) is 0 Å². The fourth-order valence-corrected chi connectivity index (χ4v) is 1.54. The molecule has 0 saturated heterocycles. The van der Waals surface area contributed by atoms with E-state index in [1.54, 1.807) is 6.92 Å². The molecule has 1 aromatic carbocycles. The number of rotatable bonds is 4. The van der Waals surface area contributed by atoms with Crippen molar-refractivity contribution in [2.45, 2.75) is 6.92 Å². The summed E-state index contributed by atoms with van der Waals surface area (Å²) in [5.74, 6) is -6.20. The second kappa shape index (κ2) is 6.29. The van der Waals surface area contributed by atoms with Gasteiger partial charge in [0.05, 0.1) is 17.9 Å². The molecule has 0 unspecified atom stereocenters. The molecule has 2 amide bonds. The van der Waals surface area contributed by atoms with Crippen molar-refractivity contribution in [3.8, 4) is 0 Å². The topological polar surface area (TPSA) is 84.2 Å². The molecule has 0 aliphatic heterocycles. The highest BCUT2D eigenvalue weighted by Crippen LogP contribution is 2.19. The van der Waals surface area contributed by atoms with Crippen LogP contribution in [0.25, 0.3) is 0 Å². The summed E-state index contributed by atoms with van der Waals surface area (Å²) in [4.78, 5) is 23.1. The Morgan fingerprint density at radius 1 is 1.23 bits per heavy atom. The van der Waals surface area contributed by atoms with Gasteiger partial charge in [-0.25, -0.2) is 13.2 Å². The summed E-state index contributed by atoms with van der Waals surface area (Å²) in [6.45, 7) is 1.09. The van der Waals surface area contributed by atoms with E-state index in [-0.39, 0.29) is 5.76 Å². The van der Waals surface area contributed by atoms with Crippen molar-refractivity contribution in [2.75, 3.05) is 11.9 Å². The first-order valence-electron chi connectivity index (χ1n) is 6.03. The molecule has 116 valence electrons. The van der Waals surface area contributed by atoms with Gasteiger partial charge in [-0.1, -0.05) is 5.16 Å². The maximum absolute atomic E-state index is 13.3. The number of carbonyl (C=O) groups is 2. The van der Waals surface area contributed by atoms with Crippen molar-refractivity contribution in [2.24, 2.45) is 0 Å². The zero-order valence-electron chi connectivity index (χ0n) is 11.2. The molecule has 0 spiro atoms. The normalized spacial score (nSPS) is 10.4. The van der Waals surface area contributed by atoms with E-state index in [4.69, 9.17) is 0 Å². The molecule has 0 atom stereocenters. The lowest BCUT2D eigenvalue weighted by molar-refractivity contribution is -0.115. The van der Waals surface area contributed by atoms with Crippen molar-refractivity contribution >= 4 is 17.5 Å². The van der Waals surface area contributed by atoms with Crippen LogP contribution in [0.4, 0.5) is 18.9 Å². The minimum absolute atomic E-state index is 0.0932. The quantitative estimate of drug-likeness (QED) is 0.843. The van der Waals surface area contributed by atoms with Gasteiger partial charge in [0.15, 0.2) is 17.5 Å². The standard InChI is InChI=1S/C13H10F3N3O3/c1-6-4-9(22-19-6)13(21)17-5-10(20)18-8-3-2-7(14)11(15)12(8)16/h2-4H,5H2,1H3,(H,17,21)(H,18,20). The highest BCUT2D eigenvalue weighted by Gasteiger charge is 2.16. The molecule has 0 bridgehead atoms. The number of aromatic nitrogens is 1. The van der Waals surface area contributed by atoms with Gasteiger partial charge in [0.1, 0.15) is 0 Å². The molecule has 0 saturated carbocycles. The van der Waals surface area contributed by atoms with Gasteiger partial charge >= 0.3 is 0 Å². The minimum atomic E-state index is -1.70. The van der Waals surface area contributed by atoms with Crippen LogP contribution in [0, 0.1) is 24.4 Å². The molecule has 2 N–H and O–H groups in total. The lowest BCUT2D eigenvalue weighted by Crippen LogP contribution is -2.32. The Morgan fingerprint density at radius 3 is 2.59 bits per heavy atom. The zero-order valence-corrected chi connectivity index (χ0v) is 11.2. The second-order valence-corrected chi connectivity index (χ2v) is 4.29. The van der Waals surface area contributed by atoms with E-state index in [2.05, 4.69) is 15.0 Å². The first-order valence-corrected chi connectivity index (χ1v) is 6.03. The van der Waals surface area contributed by atoms with Crippen LogP contribution in [0.15, 0.2) is 22.7 Å². The van der Waals surface area contributed by atoms with E-state index in [0.717, 1.165) is 6.07 Å². The Bertz CT molecular complexity index is 731. The Morgan fingerprint density at radius 2 is 1.95 bits per heavy atom. The molecule has 0 aliphatic rings.